The SMILES string of the molecule is CCNC(=O)C1C(C#N)C2SC3/C(=C/Nc4cccc(NC(=O)CN5COCC5(C)C)n4)C3C(=O)N(CC)C21. The zero-order valence-electron chi connectivity index (χ0n) is 22.6. The Balaban J connectivity index is 1.24. The molecule has 6 unspecified atom stereocenters. The van der Waals surface area contributed by atoms with Crippen LogP contribution in [0.3, 0.4) is 0 Å². The van der Waals surface area contributed by atoms with Crippen LogP contribution in [0.25, 0.3) is 0 Å². The first-order valence-electron chi connectivity index (χ1n) is 13.4. The number of aromatic nitrogens is 1. The van der Waals surface area contributed by atoms with Crippen LogP contribution >= 0.6 is 11.8 Å². The van der Waals surface area contributed by atoms with Gasteiger partial charge in [0.05, 0.1) is 43.0 Å². The fourth-order valence-electron chi connectivity index (χ4n) is 5.74. The molecular weight excluding hydrogens is 518 g/mol. The number of nitrogens with zero attached hydrogens (tertiary/aromatic N) is 4. The zero-order valence-corrected chi connectivity index (χ0v) is 23.5. The average Bonchev–Trinajstić information content (AvgIpc) is 3.50. The number of amides is 3. The van der Waals surface area contributed by atoms with Gasteiger partial charge in [0, 0.05) is 35.3 Å². The van der Waals surface area contributed by atoms with Crippen LogP contribution in [0, 0.1) is 29.1 Å². The van der Waals surface area contributed by atoms with Crippen LogP contribution in [-0.4, -0.2) is 87.6 Å². The zero-order chi connectivity index (χ0) is 27.9. The summed E-state index contributed by atoms with van der Waals surface area (Å²) in [5, 5.41) is 18.5. The molecule has 0 aromatic carbocycles. The molecule has 2 aliphatic heterocycles. The Bertz CT molecular complexity index is 1230. The van der Waals surface area contributed by atoms with Gasteiger partial charge in [-0.25, -0.2) is 4.98 Å². The third-order valence-electron chi connectivity index (χ3n) is 7.98. The van der Waals surface area contributed by atoms with Crippen molar-refractivity contribution in [3.05, 3.63) is 30.0 Å². The quantitative estimate of drug-likeness (QED) is 0.438. The van der Waals surface area contributed by atoms with Gasteiger partial charge in [-0.3, -0.25) is 19.3 Å². The largest absolute Gasteiger partial charge is 0.364 e. The number of hydrogen-bond donors (Lipinski definition) is 3. The number of rotatable bonds is 8. The van der Waals surface area contributed by atoms with Crippen molar-refractivity contribution < 1.29 is 19.1 Å². The highest BCUT2D eigenvalue weighted by molar-refractivity contribution is 8.01. The van der Waals surface area contributed by atoms with E-state index in [9.17, 15) is 19.6 Å². The predicted molar refractivity (Wildman–Crippen MR) is 147 cm³/mol. The molecule has 11 nitrogen and oxygen atoms in total. The molecule has 1 aromatic heterocycles. The molecule has 39 heavy (non-hydrogen) atoms. The number of anilines is 2. The van der Waals surface area contributed by atoms with E-state index in [1.807, 2.05) is 38.8 Å². The standard InChI is InChI=1S/C27H35N7O4S/c1-5-29-25(36)20-15(10-28)24-22(20)34(6-2)26(37)21-16(23(21)39-24)11-30-17-8-7-9-18(31-17)32-19(35)12-33-14-38-13-27(33,3)4/h7-9,11,15,20-24H,5-6,12-14H2,1-4H3,(H,29,36)(H2,30,31,32,35)/b16-11+. The number of hydrogen-bond acceptors (Lipinski definition) is 9. The lowest BCUT2D eigenvalue weighted by Gasteiger charge is -2.51. The Morgan fingerprint density at radius 3 is 2.74 bits per heavy atom. The number of ether oxygens (including phenoxy) is 1. The summed E-state index contributed by atoms with van der Waals surface area (Å²) in [5.41, 5.74) is 0.756. The Kier molecular flexibility index (Phi) is 7.59. The second-order valence-corrected chi connectivity index (χ2v) is 12.2. The maximum atomic E-state index is 13.5. The summed E-state index contributed by atoms with van der Waals surface area (Å²) >= 11 is 1.63. The van der Waals surface area contributed by atoms with Gasteiger partial charge in [0.2, 0.25) is 17.7 Å². The van der Waals surface area contributed by atoms with Crippen molar-refractivity contribution in [2.45, 2.75) is 49.8 Å². The molecule has 2 saturated heterocycles. The smallest absolute Gasteiger partial charge is 0.239 e. The summed E-state index contributed by atoms with van der Waals surface area (Å²) < 4.78 is 5.48. The Hall–Kier alpha value is -3.14. The van der Waals surface area contributed by atoms with E-state index < -0.39 is 11.8 Å². The van der Waals surface area contributed by atoms with E-state index in [-0.39, 0.29) is 52.3 Å². The summed E-state index contributed by atoms with van der Waals surface area (Å²) in [4.78, 5) is 47.0. The number of carbonyl (C=O) groups is 3. The predicted octanol–water partition coefficient (Wildman–Crippen LogP) is 1.62. The van der Waals surface area contributed by atoms with Crippen molar-refractivity contribution in [1.82, 2.24) is 20.1 Å². The minimum absolute atomic E-state index is 0.00373. The van der Waals surface area contributed by atoms with Gasteiger partial charge in [0.15, 0.2) is 0 Å². The Labute approximate surface area is 232 Å². The monoisotopic (exact) mass is 553 g/mol. The number of pyridine rings is 1. The van der Waals surface area contributed by atoms with Crippen LogP contribution in [0.2, 0.25) is 0 Å². The molecule has 0 spiro atoms. The molecule has 1 aromatic rings. The van der Waals surface area contributed by atoms with E-state index in [2.05, 4.69) is 27.0 Å². The fourth-order valence-corrected chi connectivity index (χ4v) is 7.68. The van der Waals surface area contributed by atoms with Crippen LogP contribution in [-0.2, 0) is 19.1 Å². The Morgan fingerprint density at radius 2 is 2.08 bits per heavy atom. The molecule has 3 N–H and O–H groups in total. The molecule has 4 fully saturated rings. The molecule has 12 heteroatoms. The maximum Gasteiger partial charge on any atom is 0.239 e. The van der Waals surface area contributed by atoms with Crippen LogP contribution in [0.5, 0.6) is 0 Å². The third kappa shape index (κ3) is 5.11. The molecule has 0 radical (unpaired) electrons. The van der Waals surface area contributed by atoms with Crippen LogP contribution in [0.15, 0.2) is 30.0 Å². The molecule has 208 valence electrons. The van der Waals surface area contributed by atoms with Gasteiger partial charge in [0.25, 0.3) is 0 Å². The van der Waals surface area contributed by atoms with Crippen molar-refractivity contribution in [3.8, 4) is 6.07 Å². The van der Waals surface area contributed by atoms with Gasteiger partial charge in [-0.05, 0) is 45.4 Å². The van der Waals surface area contributed by atoms with Crippen molar-refractivity contribution in [2.24, 2.45) is 17.8 Å². The summed E-state index contributed by atoms with van der Waals surface area (Å²) in [5.74, 6) is -0.549. The van der Waals surface area contributed by atoms with Gasteiger partial charge in [-0.2, -0.15) is 5.26 Å². The summed E-state index contributed by atoms with van der Waals surface area (Å²) in [7, 11) is 0. The van der Waals surface area contributed by atoms with E-state index in [1.54, 1.807) is 34.9 Å². The maximum absolute atomic E-state index is 13.5. The van der Waals surface area contributed by atoms with Crippen molar-refractivity contribution >= 4 is 41.1 Å². The fraction of sp³-hybridized carbons (Fsp3) is 0.593. The minimum atomic E-state index is -0.495. The Morgan fingerprint density at radius 1 is 1.31 bits per heavy atom. The summed E-state index contributed by atoms with van der Waals surface area (Å²) in [6.07, 6.45) is 1.81. The van der Waals surface area contributed by atoms with Gasteiger partial charge in [-0.15, -0.1) is 11.8 Å². The highest BCUT2D eigenvalue weighted by atomic mass is 32.2. The lowest BCUT2D eigenvalue weighted by Crippen LogP contribution is -2.66. The molecule has 3 heterocycles. The molecule has 5 rings (SSSR count). The van der Waals surface area contributed by atoms with E-state index >= 15 is 0 Å². The lowest BCUT2D eigenvalue weighted by molar-refractivity contribution is -0.144. The minimum Gasteiger partial charge on any atom is -0.364 e. The molecule has 0 bridgehead atoms. The molecule has 4 aliphatic rings. The number of thioether (sulfide) groups is 1. The first-order chi connectivity index (χ1) is 18.7. The highest BCUT2D eigenvalue weighted by Gasteiger charge is 2.66. The molecule has 3 amide bonds. The van der Waals surface area contributed by atoms with E-state index in [0.717, 1.165) is 5.57 Å². The molecule has 2 aliphatic carbocycles. The molecular formula is C27H35N7O4S. The van der Waals surface area contributed by atoms with Crippen molar-refractivity contribution in [3.63, 3.8) is 0 Å². The average molecular weight is 554 g/mol. The van der Waals surface area contributed by atoms with E-state index in [4.69, 9.17) is 4.74 Å². The van der Waals surface area contributed by atoms with Gasteiger partial charge in [0.1, 0.15) is 18.4 Å². The van der Waals surface area contributed by atoms with E-state index in [0.29, 0.717) is 38.1 Å². The van der Waals surface area contributed by atoms with Gasteiger partial charge < -0.3 is 25.6 Å². The van der Waals surface area contributed by atoms with Crippen LogP contribution in [0.4, 0.5) is 11.6 Å². The number of carbonyl (C=O) groups excluding carboxylic acids is 3. The highest BCUT2D eigenvalue weighted by Crippen LogP contribution is 2.59. The van der Waals surface area contributed by atoms with Crippen molar-refractivity contribution in [1.29, 1.82) is 5.26 Å². The van der Waals surface area contributed by atoms with E-state index in [1.165, 1.54) is 0 Å². The molecule has 2 saturated carbocycles. The molecule has 6 atom stereocenters. The summed E-state index contributed by atoms with van der Waals surface area (Å²) in [6.45, 7) is 10.0. The van der Waals surface area contributed by atoms with Crippen LogP contribution in [0.1, 0.15) is 27.7 Å². The lowest BCUT2D eigenvalue weighted by atomic mass is 9.67. The van der Waals surface area contributed by atoms with Gasteiger partial charge >= 0.3 is 0 Å². The normalized spacial score (nSPS) is 31.8. The number of nitrogens with one attached hydrogen (secondary N) is 3. The summed E-state index contributed by atoms with van der Waals surface area (Å²) in [6, 6.07) is 7.39. The second-order valence-electron chi connectivity index (χ2n) is 10.9. The van der Waals surface area contributed by atoms with Crippen molar-refractivity contribution in [2.75, 3.05) is 43.6 Å². The van der Waals surface area contributed by atoms with Gasteiger partial charge in [-0.1, -0.05) is 6.07 Å². The second kappa shape index (κ2) is 10.8. The topological polar surface area (TPSA) is 140 Å². The first-order valence-corrected chi connectivity index (χ1v) is 14.3. The number of fused-ring (bicyclic) bond motifs is 2. The van der Waals surface area contributed by atoms with Crippen LogP contribution < -0.4 is 16.0 Å². The first kappa shape index (κ1) is 27.4. The third-order valence-corrected chi connectivity index (χ3v) is 9.70. The number of nitriles is 1.